The highest BCUT2D eigenvalue weighted by Crippen LogP contribution is 2.08. The van der Waals surface area contributed by atoms with Crippen LogP contribution in [0.15, 0.2) is 24.3 Å². The van der Waals surface area contributed by atoms with Crippen molar-refractivity contribution in [3.8, 4) is 0 Å². The molecule has 14 heavy (non-hydrogen) atoms. The smallest absolute Gasteiger partial charge is 0.216 e. The second kappa shape index (κ2) is 5.27. The molecule has 0 heterocycles. The van der Waals surface area contributed by atoms with Crippen LogP contribution in [0.2, 0.25) is 0 Å². The predicted octanol–water partition coefficient (Wildman–Crippen LogP) is 1.34. The third-order valence-corrected chi connectivity index (χ3v) is 1.97. The second-order valence-corrected chi connectivity index (χ2v) is 3.33. The third-order valence-electron chi connectivity index (χ3n) is 1.97. The summed E-state index contributed by atoms with van der Waals surface area (Å²) in [4.78, 5) is 10.6. The molecule has 0 bridgehead atoms. The van der Waals surface area contributed by atoms with Gasteiger partial charge in [0.05, 0.1) is 0 Å². The van der Waals surface area contributed by atoms with Crippen LogP contribution in [0.1, 0.15) is 18.9 Å². The normalized spacial score (nSPS) is 9.79. The first kappa shape index (κ1) is 10.6. The fourth-order valence-corrected chi connectivity index (χ4v) is 1.31. The fourth-order valence-electron chi connectivity index (χ4n) is 1.31. The van der Waals surface area contributed by atoms with Crippen molar-refractivity contribution in [1.82, 2.24) is 5.32 Å². The molecule has 3 N–H and O–H groups in total. The molecule has 0 aliphatic heterocycles. The zero-order chi connectivity index (χ0) is 10.4. The number of anilines is 1. The topological polar surface area (TPSA) is 55.1 Å². The molecule has 3 nitrogen and oxygen atoms in total. The Morgan fingerprint density at radius 2 is 2.29 bits per heavy atom. The van der Waals surface area contributed by atoms with Gasteiger partial charge < -0.3 is 11.1 Å². The van der Waals surface area contributed by atoms with Gasteiger partial charge in [-0.3, -0.25) is 4.79 Å². The SMILES string of the molecule is CC(=O)NCCCc1cccc(N)c1. The first-order valence-corrected chi connectivity index (χ1v) is 4.77. The van der Waals surface area contributed by atoms with E-state index in [2.05, 4.69) is 5.32 Å². The highest BCUT2D eigenvalue weighted by Gasteiger charge is 1.94. The van der Waals surface area contributed by atoms with Crippen molar-refractivity contribution in [2.24, 2.45) is 0 Å². The number of nitrogens with two attached hydrogens (primary N) is 1. The Hall–Kier alpha value is -1.51. The lowest BCUT2D eigenvalue weighted by Gasteiger charge is -2.03. The van der Waals surface area contributed by atoms with Crippen LogP contribution in [0.3, 0.4) is 0 Å². The summed E-state index contributed by atoms with van der Waals surface area (Å²) in [5.74, 6) is 0.0255. The highest BCUT2D eigenvalue weighted by atomic mass is 16.1. The Labute approximate surface area is 84.3 Å². The van der Waals surface area contributed by atoms with Gasteiger partial charge in [0.15, 0.2) is 0 Å². The minimum Gasteiger partial charge on any atom is -0.399 e. The first-order valence-electron chi connectivity index (χ1n) is 4.77. The molecular formula is C11H16N2O. The van der Waals surface area contributed by atoms with Crippen molar-refractivity contribution < 1.29 is 4.79 Å². The van der Waals surface area contributed by atoms with E-state index in [4.69, 9.17) is 5.73 Å². The van der Waals surface area contributed by atoms with E-state index in [-0.39, 0.29) is 5.91 Å². The number of hydrogen-bond donors (Lipinski definition) is 2. The van der Waals surface area contributed by atoms with Crippen LogP contribution >= 0.6 is 0 Å². The molecule has 0 aliphatic rings. The van der Waals surface area contributed by atoms with Crippen LogP contribution in [0.4, 0.5) is 5.69 Å². The van der Waals surface area contributed by atoms with Gasteiger partial charge in [-0.1, -0.05) is 12.1 Å². The van der Waals surface area contributed by atoms with Crippen molar-refractivity contribution in [3.63, 3.8) is 0 Å². The van der Waals surface area contributed by atoms with Gasteiger partial charge >= 0.3 is 0 Å². The van der Waals surface area contributed by atoms with E-state index in [9.17, 15) is 4.79 Å². The number of rotatable bonds is 4. The Balaban J connectivity index is 2.28. The molecular weight excluding hydrogens is 176 g/mol. The van der Waals surface area contributed by atoms with Crippen molar-refractivity contribution in [2.75, 3.05) is 12.3 Å². The predicted molar refractivity (Wildman–Crippen MR) is 57.9 cm³/mol. The van der Waals surface area contributed by atoms with E-state index in [0.717, 1.165) is 25.1 Å². The molecule has 0 fully saturated rings. The number of nitrogens with one attached hydrogen (secondary N) is 1. The molecule has 0 saturated carbocycles. The average molecular weight is 192 g/mol. The summed E-state index contributed by atoms with van der Waals surface area (Å²) in [5.41, 5.74) is 7.65. The van der Waals surface area contributed by atoms with Crippen LogP contribution in [0.5, 0.6) is 0 Å². The molecule has 1 rings (SSSR count). The van der Waals surface area contributed by atoms with E-state index in [1.54, 1.807) is 0 Å². The van der Waals surface area contributed by atoms with E-state index in [0.29, 0.717) is 0 Å². The number of benzene rings is 1. The summed E-state index contributed by atoms with van der Waals surface area (Å²) in [6.07, 6.45) is 1.90. The minimum absolute atomic E-state index is 0.0255. The Bertz CT molecular complexity index is 310. The summed E-state index contributed by atoms with van der Waals surface area (Å²) in [6.45, 7) is 2.25. The van der Waals surface area contributed by atoms with E-state index in [1.165, 1.54) is 12.5 Å². The van der Waals surface area contributed by atoms with Crippen LogP contribution < -0.4 is 11.1 Å². The molecule has 3 heteroatoms. The molecule has 0 unspecified atom stereocenters. The summed E-state index contributed by atoms with van der Waals surface area (Å²) in [7, 11) is 0. The molecule has 0 spiro atoms. The summed E-state index contributed by atoms with van der Waals surface area (Å²) in [6, 6.07) is 7.83. The van der Waals surface area contributed by atoms with Gasteiger partial charge in [-0.15, -0.1) is 0 Å². The zero-order valence-corrected chi connectivity index (χ0v) is 8.42. The van der Waals surface area contributed by atoms with Crippen molar-refractivity contribution in [1.29, 1.82) is 0 Å². The monoisotopic (exact) mass is 192 g/mol. The van der Waals surface area contributed by atoms with Crippen LogP contribution in [0.25, 0.3) is 0 Å². The van der Waals surface area contributed by atoms with Crippen LogP contribution in [-0.2, 0) is 11.2 Å². The van der Waals surface area contributed by atoms with Gasteiger partial charge in [0.1, 0.15) is 0 Å². The molecule has 0 radical (unpaired) electrons. The van der Waals surface area contributed by atoms with Gasteiger partial charge in [0, 0.05) is 19.2 Å². The van der Waals surface area contributed by atoms with Crippen LogP contribution in [-0.4, -0.2) is 12.5 Å². The zero-order valence-electron chi connectivity index (χ0n) is 8.42. The summed E-state index contributed by atoms with van der Waals surface area (Å²) in [5, 5.41) is 2.76. The summed E-state index contributed by atoms with van der Waals surface area (Å²) < 4.78 is 0. The standard InChI is InChI=1S/C11H16N2O/c1-9(14)13-7-3-5-10-4-2-6-11(12)8-10/h2,4,6,8H,3,5,7,12H2,1H3,(H,13,14). The van der Waals surface area contributed by atoms with Gasteiger partial charge in [-0.25, -0.2) is 0 Å². The van der Waals surface area contributed by atoms with Gasteiger partial charge in [-0.05, 0) is 30.5 Å². The number of aryl methyl sites for hydroxylation is 1. The maximum Gasteiger partial charge on any atom is 0.216 e. The molecule has 0 atom stereocenters. The number of carbonyl (C=O) groups excluding carboxylic acids is 1. The lowest BCUT2D eigenvalue weighted by molar-refractivity contribution is -0.118. The quantitative estimate of drug-likeness (QED) is 0.558. The number of amides is 1. The largest absolute Gasteiger partial charge is 0.399 e. The summed E-state index contributed by atoms with van der Waals surface area (Å²) >= 11 is 0. The maximum atomic E-state index is 10.6. The maximum absolute atomic E-state index is 10.6. The molecule has 76 valence electrons. The van der Waals surface area contributed by atoms with Crippen LogP contribution in [0, 0.1) is 0 Å². The average Bonchev–Trinajstić information content (AvgIpc) is 2.12. The highest BCUT2D eigenvalue weighted by molar-refractivity contribution is 5.72. The number of carbonyl (C=O) groups is 1. The van der Waals surface area contributed by atoms with E-state index in [1.807, 2.05) is 24.3 Å². The minimum atomic E-state index is 0.0255. The lowest BCUT2D eigenvalue weighted by Crippen LogP contribution is -2.21. The Kier molecular flexibility index (Phi) is 3.98. The Morgan fingerprint density at radius 1 is 1.50 bits per heavy atom. The second-order valence-electron chi connectivity index (χ2n) is 3.33. The lowest BCUT2D eigenvalue weighted by atomic mass is 10.1. The third kappa shape index (κ3) is 3.94. The molecule has 1 aromatic carbocycles. The van der Waals surface area contributed by atoms with Gasteiger partial charge in [0.25, 0.3) is 0 Å². The van der Waals surface area contributed by atoms with Crippen molar-refractivity contribution in [3.05, 3.63) is 29.8 Å². The Morgan fingerprint density at radius 3 is 2.93 bits per heavy atom. The fraction of sp³-hybridized carbons (Fsp3) is 0.364. The number of nitrogen functional groups attached to an aromatic ring is 1. The molecule has 0 aromatic heterocycles. The molecule has 1 aromatic rings. The van der Waals surface area contributed by atoms with E-state index < -0.39 is 0 Å². The van der Waals surface area contributed by atoms with Gasteiger partial charge in [0.2, 0.25) is 5.91 Å². The molecule has 0 saturated heterocycles. The van der Waals surface area contributed by atoms with Gasteiger partial charge in [-0.2, -0.15) is 0 Å². The van der Waals surface area contributed by atoms with E-state index >= 15 is 0 Å². The number of hydrogen-bond acceptors (Lipinski definition) is 2. The molecule has 0 aliphatic carbocycles. The molecule has 1 amide bonds. The van der Waals surface area contributed by atoms with Crippen molar-refractivity contribution in [2.45, 2.75) is 19.8 Å². The van der Waals surface area contributed by atoms with Crippen molar-refractivity contribution >= 4 is 11.6 Å². The first-order chi connectivity index (χ1) is 6.68.